The zero-order valence-corrected chi connectivity index (χ0v) is 11.6. The van der Waals surface area contributed by atoms with E-state index in [9.17, 15) is 4.39 Å². The quantitative estimate of drug-likeness (QED) is 0.901. The second-order valence-electron chi connectivity index (χ2n) is 4.31. The monoisotopic (exact) mass is 279 g/mol. The van der Waals surface area contributed by atoms with Crippen molar-refractivity contribution in [3.05, 3.63) is 58.4 Å². The molecule has 0 heterocycles. The normalized spacial score (nSPS) is 10.5. The van der Waals surface area contributed by atoms with Crippen LogP contribution < -0.4 is 10.1 Å². The van der Waals surface area contributed by atoms with E-state index < -0.39 is 0 Å². The van der Waals surface area contributed by atoms with Gasteiger partial charge in [-0.25, -0.2) is 4.39 Å². The predicted octanol–water partition coefficient (Wildman–Crippen LogP) is 4.30. The molecule has 0 aliphatic rings. The summed E-state index contributed by atoms with van der Waals surface area (Å²) in [4.78, 5) is 0. The fraction of sp³-hybridized carbons (Fsp3) is 0.200. The summed E-state index contributed by atoms with van der Waals surface area (Å²) in [6.07, 6.45) is 0. The third-order valence-electron chi connectivity index (χ3n) is 2.73. The minimum atomic E-state index is -0.247. The molecule has 2 aromatic carbocycles. The number of hydrogen-bond acceptors (Lipinski definition) is 2. The van der Waals surface area contributed by atoms with Gasteiger partial charge in [0.2, 0.25) is 0 Å². The lowest BCUT2D eigenvalue weighted by Crippen LogP contribution is -2.04. The first kappa shape index (κ1) is 13.8. The number of ether oxygens (including phenoxy) is 1. The van der Waals surface area contributed by atoms with E-state index in [1.54, 1.807) is 19.1 Å². The van der Waals surface area contributed by atoms with Crippen LogP contribution in [0.15, 0.2) is 36.4 Å². The Morgan fingerprint density at radius 3 is 2.63 bits per heavy atom. The van der Waals surface area contributed by atoms with Gasteiger partial charge in [0.25, 0.3) is 0 Å². The molecule has 2 nitrogen and oxygen atoms in total. The maximum absolute atomic E-state index is 13.2. The molecule has 0 unspecified atom stereocenters. The molecule has 0 atom stereocenters. The van der Waals surface area contributed by atoms with Gasteiger partial charge in [-0.05, 0) is 55.4 Å². The zero-order valence-electron chi connectivity index (χ0n) is 10.8. The molecule has 0 radical (unpaired) electrons. The van der Waals surface area contributed by atoms with Crippen LogP contribution in [0.25, 0.3) is 0 Å². The van der Waals surface area contributed by atoms with Gasteiger partial charge in [0, 0.05) is 6.54 Å². The molecular formula is C15H15ClFNO. The first-order chi connectivity index (χ1) is 9.10. The van der Waals surface area contributed by atoms with Crippen LogP contribution in [0.2, 0.25) is 5.02 Å². The van der Waals surface area contributed by atoms with E-state index in [0.29, 0.717) is 22.1 Å². The molecule has 2 aromatic rings. The number of rotatable bonds is 4. The second-order valence-corrected chi connectivity index (χ2v) is 4.72. The summed E-state index contributed by atoms with van der Waals surface area (Å²) in [6.45, 7) is 2.44. The molecule has 19 heavy (non-hydrogen) atoms. The van der Waals surface area contributed by atoms with E-state index >= 15 is 0 Å². The molecule has 0 aromatic heterocycles. The standard InChI is InChI=1S/C15H15ClFNO/c1-10-7-12(4-5-14(10)17)19-15-6-3-11(9-18-2)8-13(15)16/h3-8,18H,9H2,1-2H3. The van der Waals surface area contributed by atoms with Crippen molar-refractivity contribution in [2.75, 3.05) is 7.05 Å². The van der Waals surface area contributed by atoms with Crippen molar-refractivity contribution in [3.8, 4) is 11.5 Å². The molecule has 100 valence electrons. The maximum Gasteiger partial charge on any atom is 0.146 e. The van der Waals surface area contributed by atoms with Gasteiger partial charge in [0.15, 0.2) is 0 Å². The van der Waals surface area contributed by atoms with Gasteiger partial charge < -0.3 is 10.1 Å². The van der Waals surface area contributed by atoms with Crippen LogP contribution in [-0.4, -0.2) is 7.05 Å². The van der Waals surface area contributed by atoms with Gasteiger partial charge in [-0.15, -0.1) is 0 Å². The fourth-order valence-corrected chi connectivity index (χ4v) is 1.99. The van der Waals surface area contributed by atoms with E-state index in [0.717, 1.165) is 12.1 Å². The zero-order chi connectivity index (χ0) is 13.8. The van der Waals surface area contributed by atoms with E-state index in [4.69, 9.17) is 16.3 Å². The second kappa shape index (κ2) is 6.04. The lowest BCUT2D eigenvalue weighted by molar-refractivity contribution is 0.479. The smallest absolute Gasteiger partial charge is 0.146 e. The third-order valence-corrected chi connectivity index (χ3v) is 3.03. The van der Waals surface area contributed by atoms with Crippen LogP contribution in [0.4, 0.5) is 4.39 Å². The Morgan fingerprint density at radius 1 is 1.21 bits per heavy atom. The highest BCUT2D eigenvalue weighted by Gasteiger charge is 2.06. The van der Waals surface area contributed by atoms with Crippen molar-refractivity contribution < 1.29 is 9.13 Å². The van der Waals surface area contributed by atoms with Crippen molar-refractivity contribution in [3.63, 3.8) is 0 Å². The Balaban J connectivity index is 2.20. The molecule has 0 amide bonds. The molecule has 0 aliphatic heterocycles. The first-order valence-electron chi connectivity index (χ1n) is 5.97. The van der Waals surface area contributed by atoms with Gasteiger partial charge in [-0.3, -0.25) is 0 Å². The Kier molecular flexibility index (Phi) is 4.40. The minimum Gasteiger partial charge on any atom is -0.456 e. The van der Waals surface area contributed by atoms with E-state index in [1.165, 1.54) is 6.07 Å². The Morgan fingerprint density at radius 2 is 2.00 bits per heavy atom. The summed E-state index contributed by atoms with van der Waals surface area (Å²) in [5.41, 5.74) is 1.62. The number of hydrogen-bond donors (Lipinski definition) is 1. The molecule has 0 bridgehead atoms. The van der Waals surface area contributed by atoms with Crippen LogP contribution in [-0.2, 0) is 6.54 Å². The Hall–Kier alpha value is -1.58. The summed E-state index contributed by atoms with van der Waals surface area (Å²) in [5, 5.41) is 3.59. The highest BCUT2D eigenvalue weighted by molar-refractivity contribution is 6.32. The van der Waals surface area contributed by atoms with Crippen molar-refractivity contribution in [2.24, 2.45) is 0 Å². The third kappa shape index (κ3) is 3.46. The highest BCUT2D eigenvalue weighted by Crippen LogP contribution is 2.30. The molecular weight excluding hydrogens is 265 g/mol. The van der Waals surface area contributed by atoms with Gasteiger partial charge in [-0.1, -0.05) is 17.7 Å². The molecule has 4 heteroatoms. The molecule has 0 fully saturated rings. The van der Waals surface area contributed by atoms with E-state index in [1.807, 2.05) is 25.2 Å². The SMILES string of the molecule is CNCc1ccc(Oc2ccc(F)c(C)c2)c(Cl)c1. The summed E-state index contributed by atoms with van der Waals surface area (Å²) < 4.78 is 18.8. The van der Waals surface area contributed by atoms with E-state index in [2.05, 4.69) is 5.32 Å². The molecule has 0 aliphatic carbocycles. The van der Waals surface area contributed by atoms with Gasteiger partial charge in [0.05, 0.1) is 5.02 Å². The van der Waals surface area contributed by atoms with Crippen LogP contribution in [0, 0.1) is 12.7 Å². The molecule has 0 saturated carbocycles. The summed E-state index contributed by atoms with van der Waals surface area (Å²) in [6, 6.07) is 10.2. The van der Waals surface area contributed by atoms with Crippen molar-refractivity contribution in [1.82, 2.24) is 5.32 Å². The average Bonchev–Trinajstić information content (AvgIpc) is 2.37. The van der Waals surface area contributed by atoms with Crippen LogP contribution in [0.3, 0.4) is 0 Å². The van der Waals surface area contributed by atoms with Gasteiger partial charge >= 0.3 is 0 Å². The van der Waals surface area contributed by atoms with E-state index in [-0.39, 0.29) is 5.82 Å². The lowest BCUT2D eigenvalue weighted by atomic mass is 10.2. The van der Waals surface area contributed by atoms with Crippen molar-refractivity contribution in [2.45, 2.75) is 13.5 Å². The highest BCUT2D eigenvalue weighted by atomic mass is 35.5. The van der Waals surface area contributed by atoms with Crippen LogP contribution in [0.5, 0.6) is 11.5 Å². The summed E-state index contributed by atoms with van der Waals surface area (Å²) in [7, 11) is 1.87. The maximum atomic E-state index is 13.2. The first-order valence-corrected chi connectivity index (χ1v) is 6.35. The van der Waals surface area contributed by atoms with Crippen LogP contribution in [0.1, 0.15) is 11.1 Å². The summed E-state index contributed by atoms with van der Waals surface area (Å²) >= 11 is 6.16. The van der Waals surface area contributed by atoms with Crippen molar-refractivity contribution >= 4 is 11.6 Å². The number of aryl methyl sites for hydroxylation is 1. The topological polar surface area (TPSA) is 21.3 Å². The Labute approximate surface area is 117 Å². The number of benzene rings is 2. The largest absolute Gasteiger partial charge is 0.456 e. The predicted molar refractivity (Wildman–Crippen MR) is 75.4 cm³/mol. The number of nitrogens with one attached hydrogen (secondary N) is 1. The van der Waals surface area contributed by atoms with Gasteiger partial charge in [-0.2, -0.15) is 0 Å². The molecule has 2 rings (SSSR count). The molecule has 0 saturated heterocycles. The average molecular weight is 280 g/mol. The molecule has 0 spiro atoms. The minimum absolute atomic E-state index is 0.247. The lowest BCUT2D eigenvalue weighted by Gasteiger charge is -2.10. The van der Waals surface area contributed by atoms with Gasteiger partial charge in [0.1, 0.15) is 17.3 Å². The summed E-state index contributed by atoms with van der Waals surface area (Å²) in [5.74, 6) is 0.887. The Bertz CT molecular complexity index is 586. The van der Waals surface area contributed by atoms with Crippen molar-refractivity contribution in [1.29, 1.82) is 0 Å². The fourth-order valence-electron chi connectivity index (χ4n) is 1.75. The molecule has 1 N–H and O–H groups in total. The van der Waals surface area contributed by atoms with Crippen LogP contribution >= 0.6 is 11.6 Å². The number of halogens is 2.